The maximum absolute atomic E-state index is 6.12. The third kappa shape index (κ3) is 1.86. The van der Waals surface area contributed by atoms with Gasteiger partial charge < -0.3 is 10.7 Å². The van der Waals surface area contributed by atoms with E-state index in [0.29, 0.717) is 18.1 Å². The van der Waals surface area contributed by atoms with Gasteiger partial charge in [-0.2, -0.15) is 0 Å². The van der Waals surface area contributed by atoms with E-state index < -0.39 is 0 Å². The number of nitrogens with one attached hydrogen (secondary N) is 1. The van der Waals surface area contributed by atoms with Crippen LogP contribution in [0.1, 0.15) is 50.3 Å². The molecule has 110 valence electrons. The van der Waals surface area contributed by atoms with Crippen LogP contribution < -0.4 is 5.73 Å². The summed E-state index contributed by atoms with van der Waals surface area (Å²) in [5.41, 5.74) is 7.84. The molecule has 20 heavy (non-hydrogen) atoms. The van der Waals surface area contributed by atoms with Crippen molar-refractivity contribution in [3.8, 4) is 0 Å². The Bertz CT molecular complexity index is 429. The fourth-order valence-electron chi connectivity index (χ4n) is 5.87. The summed E-state index contributed by atoms with van der Waals surface area (Å²) in [4.78, 5) is 6.02. The number of likely N-dealkylation sites (N-methyl/N-ethyl adjacent to an activating group) is 1. The number of H-pyrrole nitrogens is 1. The second kappa shape index (κ2) is 4.60. The molecule has 4 aliphatic carbocycles. The van der Waals surface area contributed by atoms with E-state index in [0.717, 1.165) is 17.8 Å². The molecule has 0 radical (unpaired) electrons. The lowest BCUT2D eigenvalue weighted by Gasteiger charge is -2.61. The molecule has 5 rings (SSSR count). The Balaban J connectivity index is 1.62. The first-order valence-corrected chi connectivity index (χ1v) is 8.26. The van der Waals surface area contributed by atoms with Gasteiger partial charge in [0, 0.05) is 24.0 Å². The van der Waals surface area contributed by atoms with Gasteiger partial charge in [-0.1, -0.05) is 0 Å². The van der Waals surface area contributed by atoms with Crippen LogP contribution >= 0.6 is 0 Å². The summed E-state index contributed by atoms with van der Waals surface area (Å²) in [6.45, 7) is 0.707. The van der Waals surface area contributed by atoms with Crippen LogP contribution in [0, 0.1) is 17.8 Å². The zero-order valence-corrected chi connectivity index (χ0v) is 12.5. The molecule has 0 aromatic carbocycles. The van der Waals surface area contributed by atoms with Crippen molar-refractivity contribution in [3.05, 3.63) is 24.0 Å². The van der Waals surface area contributed by atoms with E-state index >= 15 is 0 Å². The normalized spacial score (nSPS) is 40.5. The fraction of sp³-hybridized carbons (Fsp3) is 0.765. The number of hydrogen-bond donors (Lipinski definition) is 2. The maximum atomic E-state index is 6.12. The van der Waals surface area contributed by atoms with E-state index in [1.165, 1.54) is 44.2 Å². The van der Waals surface area contributed by atoms with E-state index in [9.17, 15) is 0 Å². The Kier molecular flexibility index (Phi) is 2.97. The summed E-state index contributed by atoms with van der Waals surface area (Å²) >= 11 is 0. The van der Waals surface area contributed by atoms with Gasteiger partial charge in [0.15, 0.2) is 0 Å². The van der Waals surface area contributed by atoms with Crippen LogP contribution in [0.2, 0.25) is 0 Å². The van der Waals surface area contributed by atoms with Gasteiger partial charge in [-0.3, -0.25) is 4.90 Å². The van der Waals surface area contributed by atoms with Crippen molar-refractivity contribution in [2.24, 2.45) is 23.5 Å². The Morgan fingerprint density at radius 2 is 1.85 bits per heavy atom. The van der Waals surface area contributed by atoms with Crippen molar-refractivity contribution in [1.82, 2.24) is 9.88 Å². The SMILES string of the molecule is CN(C(CN)c1ccc[nH]1)C12CC3CC(CC(C3)C1)C2. The average molecular weight is 273 g/mol. The highest BCUT2D eigenvalue weighted by Gasteiger charge is 2.53. The topological polar surface area (TPSA) is 45.0 Å². The maximum Gasteiger partial charge on any atom is 0.0624 e. The molecule has 1 atom stereocenters. The molecule has 4 fully saturated rings. The van der Waals surface area contributed by atoms with Gasteiger partial charge in [-0.05, 0) is 75.5 Å². The Morgan fingerprint density at radius 3 is 2.30 bits per heavy atom. The molecule has 3 heteroatoms. The fourth-order valence-corrected chi connectivity index (χ4v) is 5.87. The number of nitrogens with two attached hydrogens (primary N) is 1. The van der Waals surface area contributed by atoms with Crippen molar-refractivity contribution in [2.45, 2.75) is 50.1 Å². The average Bonchev–Trinajstić information content (AvgIpc) is 2.92. The Morgan fingerprint density at radius 1 is 1.25 bits per heavy atom. The van der Waals surface area contributed by atoms with Gasteiger partial charge in [0.1, 0.15) is 0 Å². The standard InChI is InChI=1S/C17H27N3/c1-20(16(11-18)15-3-2-4-19-15)17-8-12-5-13(9-17)7-14(6-12)10-17/h2-4,12-14,16,19H,5-11,18H2,1H3. The highest BCUT2D eigenvalue weighted by atomic mass is 15.2. The molecule has 1 aromatic heterocycles. The highest BCUT2D eigenvalue weighted by molar-refractivity contribution is 5.14. The highest BCUT2D eigenvalue weighted by Crippen LogP contribution is 2.58. The van der Waals surface area contributed by atoms with Crippen LogP contribution in [0.15, 0.2) is 18.3 Å². The number of aromatic amines is 1. The smallest absolute Gasteiger partial charge is 0.0624 e. The van der Waals surface area contributed by atoms with Crippen LogP contribution in [0.4, 0.5) is 0 Å². The zero-order valence-electron chi connectivity index (χ0n) is 12.5. The molecular weight excluding hydrogens is 246 g/mol. The van der Waals surface area contributed by atoms with Gasteiger partial charge in [0.05, 0.1) is 6.04 Å². The lowest BCUT2D eigenvalue weighted by Crippen LogP contribution is -2.60. The molecule has 4 saturated carbocycles. The first-order chi connectivity index (χ1) is 9.70. The molecular formula is C17H27N3. The monoisotopic (exact) mass is 273 g/mol. The first kappa shape index (κ1) is 12.9. The molecule has 4 bridgehead atoms. The van der Waals surface area contributed by atoms with Crippen molar-refractivity contribution >= 4 is 0 Å². The molecule has 3 nitrogen and oxygen atoms in total. The lowest BCUT2D eigenvalue weighted by atomic mass is 9.52. The minimum Gasteiger partial charge on any atom is -0.364 e. The van der Waals surface area contributed by atoms with Gasteiger partial charge >= 0.3 is 0 Å². The van der Waals surface area contributed by atoms with Crippen LogP contribution in [0.25, 0.3) is 0 Å². The largest absolute Gasteiger partial charge is 0.364 e. The Hall–Kier alpha value is -0.800. The van der Waals surface area contributed by atoms with Gasteiger partial charge in [-0.25, -0.2) is 0 Å². The van der Waals surface area contributed by atoms with Crippen molar-refractivity contribution in [2.75, 3.05) is 13.6 Å². The van der Waals surface area contributed by atoms with Crippen molar-refractivity contribution < 1.29 is 0 Å². The van der Waals surface area contributed by atoms with Crippen molar-refractivity contribution in [3.63, 3.8) is 0 Å². The molecule has 0 spiro atoms. The lowest BCUT2D eigenvalue weighted by molar-refractivity contribution is -0.0937. The molecule has 0 saturated heterocycles. The van der Waals surface area contributed by atoms with Gasteiger partial charge in [0.25, 0.3) is 0 Å². The quantitative estimate of drug-likeness (QED) is 0.886. The molecule has 0 aliphatic heterocycles. The Labute approximate surface area is 121 Å². The van der Waals surface area contributed by atoms with Gasteiger partial charge in [-0.15, -0.1) is 0 Å². The third-order valence-corrected chi connectivity index (χ3v) is 6.43. The number of rotatable bonds is 4. The van der Waals surface area contributed by atoms with Gasteiger partial charge in [0.2, 0.25) is 0 Å². The number of aromatic nitrogens is 1. The molecule has 1 aromatic rings. The zero-order chi connectivity index (χ0) is 13.7. The molecule has 0 amide bonds. The summed E-state index contributed by atoms with van der Waals surface area (Å²) in [5, 5.41) is 0. The molecule has 4 aliphatic rings. The predicted molar refractivity (Wildman–Crippen MR) is 81.3 cm³/mol. The van der Waals surface area contributed by atoms with Crippen LogP contribution in [0.5, 0.6) is 0 Å². The summed E-state index contributed by atoms with van der Waals surface area (Å²) in [5.74, 6) is 2.97. The minimum atomic E-state index is 0.348. The minimum absolute atomic E-state index is 0.348. The number of hydrogen-bond acceptors (Lipinski definition) is 2. The van der Waals surface area contributed by atoms with E-state index in [-0.39, 0.29) is 0 Å². The summed E-state index contributed by atoms with van der Waals surface area (Å²) in [7, 11) is 2.32. The summed E-state index contributed by atoms with van der Waals surface area (Å²) < 4.78 is 0. The van der Waals surface area contributed by atoms with Crippen molar-refractivity contribution in [1.29, 1.82) is 0 Å². The predicted octanol–water partition coefficient (Wildman–Crippen LogP) is 2.92. The second-order valence-electron chi connectivity index (χ2n) is 7.63. The molecule has 1 unspecified atom stereocenters. The van der Waals surface area contributed by atoms with E-state index in [1.54, 1.807) is 0 Å². The van der Waals surface area contributed by atoms with Crippen LogP contribution in [-0.4, -0.2) is 29.0 Å². The molecule has 3 N–H and O–H groups in total. The third-order valence-electron chi connectivity index (χ3n) is 6.43. The van der Waals surface area contributed by atoms with Crippen LogP contribution in [0.3, 0.4) is 0 Å². The molecule has 1 heterocycles. The van der Waals surface area contributed by atoms with E-state index in [1.807, 2.05) is 6.20 Å². The number of nitrogens with zero attached hydrogens (tertiary/aromatic N) is 1. The van der Waals surface area contributed by atoms with E-state index in [2.05, 4.69) is 29.1 Å². The van der Waals surface area contributed by atoms with Crippen LogP contribution in [-0.2, 0) is 0 Å². The first-order valence-electron chi connectivity index (χ1n) is 8.26. The van der Waals surface area contributed by atoms with E-state index in [4.69, 9.17) is 5.73 Å². The summed E-state index contributed by atoms with van der Waals surface area (Å²) in [6.07, 6.45) is 10.8. The summed E-state index contributed by atoms with van der Waals surface area (Å²) in [6, 6.07) is 4.63. The second-order valence-corrected chi connectivity index (χ2v) is 7.63.